The van der Waals surface area contributed by atoms with E-state index in [2.05, 4.69) is 0 Å². The zero-order chi connectivity index (χ0) is 10.7. The quantitative estimate of drug-likeness (QED) is 0.838. The topological polar surface area (TPSA) is 63.3 Å². The first-order valence-corrected chi connectivity index (χ1v) is 5.01. The van der Waals surface area contributed by atoms with E-state index in [1.54, 1.807) is 0 Å². The fraction of sp³-hybridized carbons (Fsp3) is 0.222. The van der Waals surface area contributed by atoms with Gasteiger partial charge in [0.05, 0.1) is 6.42 Å². The van der Waals surface area contributed by atoms with Crippen molar-refractivity contribution < 1.29 is 14.3 Å². The fourth-order valence-corrected chi connectivity index (χ4v) is 1.98. The average Bonchev–Trinajstić information content (AvgIpc) is 2.01. The van der Waals surface area contributed by atoms with Crippen LogP contribution >= 0.6 is 22.6 Å². The molecule has 0 fully saturated rings. The van der Waals surface area contributed by atoms with Crippen LogP contribution in [0.3, 0.4) is 0 Å². The van der Waals surface area contributed by atoms with Crippen LogP contribution in [-0.4, -0.2) is 11.1 Å². The highest BCUT2D eigenvalue weighted by Gasteiger charge is 2.13. The fourth-order valence-electron chi connectivity index (χ4n) is 1.10. The van der Waals surface area contributed by atoms with E-state index in [0.717, 1.165) is 0 Å². The molecule has 3 N–H and O–H groups in total. The molecule has 1 atom stereocenters. The van der Waals surface area contributed by atoms with Gasteiger partial charge in [0.2, 0.25) is 0 Å². The summed E-state index contributed by atoms with van der Waals surface area (Å²) in [6.07, 6.45) is -0.151. The van der Waals surface area contributed by atoms with Crippen molar-refractivity contribution in [3.8, 4) is 0 Å². The Bertz CT molecular complexity index is 357. The second kappa shape index (κ2) is 4.70. The van der Waals surface area contributed by atoms with E-state index in [9.17, 15) is 9.18 Å². The first kappa shape index (κ1) is 11.4. The number of halogens is 2. The zero-order valence-electron chi connectivity index (χ0n) is 7.21. The SMILES string of the molecule is NC(CC(=O)O)c1ccc(F)cc1I. The van der Waals surface area contributed by atoms with E-state index in [4.69, 9.17) is 10.8 Å². The van der Waals surface area contributed by atoms with Gasteiger partial charge in [0, 0.05) is 9.61 Å². The van der Waals surface area contributed by atoms with Gasteiger partial charge in [-0.15, -0.1) is 0 Å². The van der Waals surface area contributed by atoms with Crippen molar-refractivity contribution in [2.75, 3.05) is 0 Å². The van der Waals surface area contributed by atoms with E-state index < -0.39 is 12.0 Å². The molecule has 0 spiro atoms. The van der Waals surface area contributed by atoms with Gasteiger partial charge in [-0.3, -0.25) is 4.79 Å². The minimum Gasteiger partial charge on any atom is -0.481 e. The van der Waals surface area contributed by atoms with Crippen molar-refractivity contribution in [1.82, 2.24) is 0 Å². The predicted octanol–water partition coefficient (Wildman–Crippen LogP) is 1.90. The molecule has 1 rings (SSSR count). The van der Waals surface area contributed by atoms with Crippen molar-refractivity contribution in [1.29, 1.82) is 0 Å². The summed E-state index contributed by atoms with van der Waals surface area (Å²) in [5.41, 5.74) is 6.30. The monoisotopic (exact) mass is 309 g/mol. The Balaban J connectivity index is 2.90. The Labute approximate surface area is 94.2 Å². The Morgan fingerprint density at radius 2 is 2.29 bits per heavy atom. The van der Waals surface area contributed by atoms with E-state index >= 15 is 0 Å². The maximum atomic E-state index is 12.7. The number of carbonyl (C=O) groups is 1. The summed E-state index contributed by atoms with van der Waals surface area (Å²) < 4.78 is 13.4. The lowest BCUT2D eigenvalue weighted by Crippen LogP contribution is -2.16. The molecule has 5 heteroatoms. The molecule has 0 bridgehead atoms. The molecule has 0 heterocycles. The number of hydrogen-bond acceptors (Lipinski definition) is 2. The highest BCUT2D eigenvalue weighted by atomic mass is 127. The number of carboxylic acid groups (broad SMARTS) is 1. The van der Waals surface area contributed by atoms with Crippen molar-refractivity contribution >= 4 is 28.6 Å². The number of benzene rings is 1. The molecule has 0 amide bonds. The average molecular weight is 309 g/mol. The Morgan fingerprint density at radius 3 is 2.79 bits per heavy atom. The maximum absolute atomic E-state index is 12.7. The van der Waals surface area contributed by atoms with Crippen LogP contribution in [0.25, 0.3) is 0 Å². The Hall–Kier alpha value is -0.690. The smallest absolute Gasteiger partial charge is 0.305 e. The summed E-state index contributed by atoms with van der Waals surface area (Å²) in [6, 6.07) is 3.54. The molecule has 3 nitrogen and oxygen atoms in total. The third-order valence-corrected chi connectivity index (χ3v) is 2.69. The van der Waals surface area contributed by atoms with Crippen molar-refractivity contribution in [3.05, 3.63) is 33.1 Å². The molecule has 1 unspecified atom stereocenters. The van der Waals surface area contributed by atoms with Gasteiger partial charge in [0.1, 0.15) is 5.82 Å². The van der Waals surface area contributed by atoms with Crippen molar-refractivity contribution in [3.63, 3.8) is 0 Å². The largest absolute Gasteiger partial charge is 0.481 e. The highest BCUT2D eigenvalue weighted by Crippen LogP contribution is 2.21. The van der Waals surface area contributed by atoms with E-state index in [0.29, 0.717) is 9.13 Å². The van der Waals surface area contributed by atoms with Gasteiger partial charge < -0.3 is 10.8 Å². The molecule has 0 aromatic heterocycles. The third-order valence-electron chi connectivity index (χ3n) is 1.76. The molecule has 14 heavy (non-hydrogen) atoms. The van der Waals surface area contributed by atoms with Gasteiger partial charge >= 0.3 is 5.97 Å². The number of nitrogens with two attached hydrogens (primary N) is 1. The summed E-state index contributed by atoms with van der Waals surface area (Å²) >= 11 is 1.94. The summed E-state index contributed by atoms with van der Waals surface area (Å²) in [7, 11) is 0. The first-order valence-electron chi connectivity index (χ1n) is 3.93. The first-order chi connectivity index (χ1) is 6.50. The van der Waals surface area contributed by atoms with Gasteiger partial charge in [0.15, 0.2) is 0 Å². The van der Waals surface area contributed by atoms with Crippen LogP contribution in [0.5, 0.6) is 0 Å². The van der Waals surface area contributed by atoms with Crippen LogP contribution in [-0.2, 0) is 4.79 Å². The van der Waals surface area contributed by atoms with Crippen LogP contribution in [0.4, 0.5) is 4.39 Å². The van der Waals surface area contributed by atoms with Gasteiger partial charge in [-0.05, 0) is 40.3 Å². The molecular weight excluding hydrogens is 300 g/mol. The van der Waals surface area contributed by atoms with Crippen molar-refractivity contribution in [2.24, 2.45) is 5.73 Å². The number of aliphatic carboxylic acids is 1. The highest BCUT2D eigenvalue weighted by molar-refractivity contribution is 14.1. The summed E-state index contributed by atoms with van der Waals surface area (Å²) in [5.74, 6) is -1.31. The normalized spacial score (nSPS) is 12.5. The molecule has 0 saturated heterocycles. The van der Waals surface area contributed by atoms with Crippen LogP contribution in [0, 0.1) is 9.39 Å². The summed E-state index contributed by atoms with van der Waals surface area (Å²) in [6.45, 7) is 0. The molecule has 1 aromatic rings. The van der Waals surface area contributed by atoms with E-state index in [-0.39, 0.29) is 12.2 Å². The molecular formula is C9H9FINO2. The predicted molar refractivity (Wildman–Crippen MR) is 58.3 cm³/mol. The van der Waals surface area contributed by atoms with Crippen LogP contribution in [0.2, 0.25) is 0 Å². The molecule has 1 aromatic carbocycles. The second-order valence-electron chi connectivity index (χ2n) is 2.87. The molecule has 0 radical (unpaired) electrons. The molecule has 0 aliphatic rings. The van der Waals surface area contributed by atoms with E-state index in [1.807, 2.05) is 22.6 Å². The third kappa shape index (κ3) is 2.91. The Morgan fingerprint density at radius 1 is 1.64 bits per heavy atom. The maximum Gasteiger partial charge on any atom is 0.305 e. The number of rotatable bonds is 3. The lowest BCUT2D eigenvalue weighted by Gasteiger charge is -2.11. The standard InChI is InChI=1S/C9H9FINO2/c10-5-1-2-6(7(11)3-5)8(12)4-9(13)14/h1-3,8H,4,12H2,(H,13,14). The zero-order valence-corrected chi connectivity index (χ0v) is 9.36. The van der Waals surface area contributed by atoms with Gasteiger partial charge in [0.25, 0.3) is 0 Å². The summed E-state index contributed by atoms with van der Waals surface area (Å²) in [5, 5.41) is 8.53. The lowest BCUT2D eigenvalue weighted by atomic mass is 10.1. The summed E-state index contributed by atoms with van der Waals surface area (Å²) in [4.78, 5) is 10.4. The van der Waals surface area contributed by atoms with Crippen LogP contribution in [0.1, 0.15) is 18.0 Å². The van der Waals surface area contributed by atoms with Gasteiger partial charge in [-0.2, -0.15) is 0 Å². The number of carboxylic acids is 1. The number of hydrogen-bond donors (Lipinski definition) is 2. The van der Waals surface area contributed by atoms with Crippen molar-refractivity contribution in [2.45, 2.75) is 12.5 Å². The molecule has 0 saturated carbocycles. The van der Waals surface area contributed by atoms with E-state index in [1.165, 1.54) is 18.2 Å². The second-order valence-corrected chi connectivity index (χ2v) is 4.03. The Kier molecular flexibility index (Phi) is 3.82. The minimum absolute atomic E-state index is 0.151. The molecule has 0 aliphatic heterocycles. The molecule has 0 aliphatic carbocycles. The molecule has 76 valence electrons. The van der Waals surface area contributed by atoms with Gasteiger partial charge in [-0.25, -0.2) is 4.39 Å². The minimum atomic E-state index is -0.961. The van der Waals surface area contributed by atoms with Crippen LogP contribution < -0.4 is 5.73 Å². The lowest BCUT2D eigenvalue weighted by molar-refractivity contribution is -0.137. The van der Waals surface area contributed by atoms with Gasteiger partial charge in [-0.1, -0.05) is 6.07 Å². The van der Waals surface area contributed by atoms with Crippen LogP contribution in [0.15, 0.2) is 18.2 Å².